The van der Waals surface area contributed by atoms with Crippen LogP contribution in [0.4, 0.5) is 0 Å². The predicted molar refractivity (Wildman–Crippen MR) is 76.0 cm³/mol. The van der Waals surface area contributed by atoms with Crippen molar-refractivity contribution in [1.82, 2.24) is 5.32 Å². The van der Waals surface area contributed by atoms with Gasteiger partial charge < -0.3 is 10.1 Å². The van der Waals surface area contributed by atoms with Crippen molar-refractivity contribution >= 4 is 5.91 Å². The minimum absolute atomic E-state index is 0.0689. The smallest absolute Gasteiger partial charge is 0.249 e. The number of ether oxygens (including phenoxy) is 1. The quantitative estimate of drug-likeness (QED) is 0.800. The van der Waals surface area contributed by atoms with Crippen LogP contribution in [0.3, 0.4) is 0 Å². The standard InChI is InChI=1S/C16H23NO2/c18-16(15-11-5-7-13-19-15)17-12-6-4-10-14-8-2-1-3-9-14/h1-3,8-9,15H,4-7,10-13H2,(H,17,18). The zero-order chi connectivity index (χ0) is 13.3. The molecule has 1 N–H and O–H groups in total. The number of carbonyl (C=O) groups is 1. The highest BCUT2D eigenvalue weighted by Gasteiger charge is 2.20. The molecular weight excluding hydrogens is 238 g/mol. The molecule has 1 heterocycles. The molecule has 0 aliphatic carbocycles. The largest absolute Gasteiger partial charge is 0.368 e. The van der Waals surface area contributed by atoms with Gasteiger partial charge in [0.2, 0.25) is 5.91 Å². The van der Waals surface area contributed by atoms with Gasteiger partial charge >= 0.3 is 0 Å². The molecule has 1 atom stereocenters. The van der Waals surface area contributed by atoms with Crippen LogP contribution in [0.5, 0.6) is 0 Å². The van der Waals surface area contributed by atoms with E-state index in [1.54, 1.807) is 0 Å². The van der Waals surface area contributed by atoms with Gasteiger partial charge in [0.25, 0.3) is 0 Å². The summed E-state index contributed by atoms with van der Waals surface area (Å²) in [4.78, 5) is 11.8. The summed E-state index contributed by atoms with van der Waals surface area (Å²) >= 11 is 0. The summed E-state index contributed by atoms with van der Waals surface area (Å²) in [7, 11) is 0. The number of hydrogen-bond donors (Lipinski definition) is 1. The first-order valence-electron chi connectivity index (χ1n) is 7.29. The Hall–Kier alpha value is -1.35. The lowest BCUT2D eigenvalue weighted by molar-refractivity contribution is -0.135. The third kappa shape index (κ3) is 5.03. The maximum atomic E-state index is 11.8. The molecule has 0 spiro atoms. The van der Waals surface area contributed by atoms with Crippen LogP contribution in [0, 0.1) is 0 Å². The van der Waals surface area contributed by atoms with E-state index in [0.717, 1.165) is 51.7 Å². The molecule has 104 valence electrons. The number of amides is 1. The lowest BCUT2D eigenvalue weighted by Gasteiger charge is -2.21. The van der Waals surface area contributed by atoms with Crippen molar-refractivity contribution in [2.24, 2.45) is 0 Å². The predicted octanol–water partition coefficient (Wildman–Crippen LogP) is 2.69. The van der Waals surface area contributed by atoms with Gasteiger partial charge in [0.15, 0.2) is 0 Å². The van der Waals surface area contributed by atoms with Gasteiger partial charge in [-0.05, 0) is 44.1 Å². The third-order valence-corrected chi connectivity index (χ3v) is 3.51. The van der Waals surface area contributed by atoms with Crippen molar-refractivity contribution in [2.45, 2.75) is 44.6 Å². The summed E-state index contributed by atoms with van der Waals surface area (Å²) in [5, 5.41) is 2.97. The van der Waals surface area contributed by atoms with Crippen LogP contribution in [-0.4, -0.2) is 25.2 Å². The highest BCUT2D eigenvalue weighted by Crippen LogP contribution is 2.12. The molecule has 0 aromatic heterocycles. The highest BCUT2D eigenvalue weighted by atomic mass is 16.5. The van der Waals surface area contributed by atoms with Gasteiger partial charge in [-0.1, -0.05) is 30.3 Å². The summed E-state index contributed by atoms with van der Waals surface area (Å²) < 4.78 is 5.45. The Kier molecular flexibility index (Phi) is 5.89. The van der Waals surface area contributed by atoms with Gasteiger partial charge in [-0.15, -0.1) is 0 Å². The third-order valence-electron chi connectivity index (χ3n) is 3.51. The van der Waals surface area contributed by atoms with E-state index in [-0.39, 0.29) is 12.0 Å². The molecule has 0 saturated carbocycles. The van der Waals surface area contributed by atoms with Gasteiger partial charge in [-0.25, -0.2) is 0 Å². The Morgan fingerprint density at radius 2 is 2.05 bits per heavy atom. The van der Waals surface area contributed by atoms with Crippen LogP contribution in [0.2, 0.25) is 0 Å². The number of unbranched alkanes of at least 4 members (excludes halogenated alkanes) is 1. The molecule has 1 aliphatic rings. The molecular formula is C16H23NO2. The first-order valence-corrected chi connectivity index (χ1v) is 7.29. The van der Waals surface area contributed by atoms with Gasteiger partial charge in [0.1, 0.15) is 6.10 Å². The second-order valence-corrected chi connectivity index (χ2v) is 5.09. The number of hydrogen-bond acceptors (Lipinski definition) is 2. The van der Waals surface area contributed by atoms with Gasteiger partial charge in [-0.2, -0.15) is 0 Å². The molecule has 1 aromatic rings. The molecule has 1 amide bonds. The maximum absolute atomic E-state index is 11.8. The van der Waals surface area contributed by atoms with E-state index in [0.29, 0.717) is 0 Å². The van der Waals surface area contributed by atoms with E-state index >= 15 is 0 Å². The van der Waals surface area contributed by atoms with Crippen molar-refractivity contribution < 1.29 is 9.53 Å². The van der Waals surface area contributed by atoms with E-state index in [1.807, 2.05) is 6.07 Å². The number of nitrogens with one attached hydrogen (secondary N) is 1. The van der Waals surface area contributed by atoms with E-state index in [4.69, 9.17) is 4.74 Å². The number of benzene rings is 1. The van der Waals surface area contributed by atoms with E-state index in [9.17, 15) is 4.79 Å². The lowest BCUT2D eigenvalue weighted by Crippen LogP contribution is -2.38. The Morgan fingerprint density at radius 1 is 1.21 bits per heavy atom. The lowest BCUT2D eigenvalue weighted by atomic mass is 10.1. The van der Waals surface area contributed by atoms with E-state index < -0.39 is 0 Å². The van der Waals surface area contributed by atoms with Crippen molar-refractivity contribution in [1.29, 1.82) is 0 Å². The molecule has 0 bridgehead atoms. The van der Waals surface area contributed by atoms with Crippen LogP contribution in [0.1, 0.15) is 37.7 Å². The van der Waals surface area contributed by atoms with Crippen LogP contribution in [-0.2, 0) is 16.0 Å². The minimum Gasteiger partial charge on any atom is -0.368 e. The first kappa shape index (κ1) is 14.1. The fourth-order valence-electron chi connectivity index (χ4n) is 2.37. The van der Waals surface area contributed by atoms with Gasteiger partial charge in [0.05, 0.1) is 0 Å². The number of rotatable bonds is 6. The van der Waals surface area contributed by atoms with Crippen molar-refractivity contribution in [3.05, 3.63) is 35.9 Å². The van der Waals surface area contributed by atoms with Gasteiger partial charge in [-0.3, -0.25) is 4.79 Å². The molecule has 1 aromatic carbocycles. The van der Waals surface area contributed by atoms with E-state index in [1.165, 1.54) is 5.56 Å². The molecule has 2 rings (SSSR count). The molecule has 0 radical (unpaired) electrons. The summed E-state index contributed by atoms with van der Waals surface area (Å²) in [6.45, 7) is 1.48. The number of carbonyl (C=O) groups excluding carboxylic acids is 1. The summed E-state index contributed by atoms with van der Waals surface area (Å²) in [6, 6.07) is 10.5. The van der Waals surface area contributed by atoms with E-state index in [2.05, 4.69) is 29.6 Å². The van der Waals surface area contributed by atoms with Crippen LogP contribution >= 0.6 is 0 Å². The average Bonchev–Trinajstić information content (AvgIpc) is 2.49. The Labute approximate surface area is 115 Å². The Morgan fingerprint density at radius 3 is 2.79 bits per heavy atom. The van der Waals surface area contributed by atoms with Crippen LogP contribution in [0.25, 0.3) is 0 Å². The molecule has 1 fully saturated rings. The fraction of sp³-hybridized carbons (Fsp3) is 0.562. The molecule has 3 nitrogen and oxygen atoms in total. The second-order valence-electron chi connectivity index (χ2n) is 5.09. The molecule has 3 heteroatoms. The van der Waals surface area contributed by atoms with Crippen molar-refractivity contribution in [3.8, 4) is 0 Å². The zero-order valence-corrected chi connectivity index (χ0v) is 11.4. The number of aryl methyl sites for hydroxylation is 1. The summed E-state index contributed by atoms with van der Waals surface area (Å²) in [5.74, 6) is 0.0689. The highest BCUT2D eigenvalue weighted by molar-refractivity contribution is 5.80. The van der Waals surface area contributed by atoms with Gasteiger partial charge in [0, 0.05) is 13.2 Å². The van der Waals surface area contributed by atoms with Crippen molar-refractivity contribution in [3.63, 3.8) is 0 Å². The Bertz CT molecular complexity index is 372. The SMILES string of the molecule is O=C(NCCCCc1ccccc1)C1CCCCO1. The normalized spacial score (nSPS) is 19.1. The molecule has 19 heavy (non-hydrogen) atoms. The topological polar surface area (TPSA) is 38.3 Å². The maximum Gasteiger partial charge on any atom is 0.249 e. The first-order chi connectivity index (χ1) is 9.36. The van der Waals surface area contributed by atoms with Crippen molar-refractivity contribution in [2.75, 3.05) is 13.2 Å². The monoisotopic (exact) mass is 261 g/mol. The summed E-state index contributed by atoms with van der Waals surface area (Å²) in [5.41, 5.74) is 1.37. The summed E-state index contributed by atoms with van der Waals surface area (Å²) in [6.07, 6.45) is 6.06. The molecule has 1 saturated heterocycles. The Balaban J connectivity index is 1.55. The molecule has 1 unspecified atom stereocenters. The minimum atomic E-state index is -0.206. The van der Waals surface area contributed by atoms with Crippen LogP contribution < -0.4 is 5.32 Å². The van der Waals surface area contributed by atoms with Crippen LogP contribution in [0.15, 0.2) is 30.3 Å². The fourth-order valence-corrected chi connectivity index (χ4v) is 2.37. The molecule has 1 aliphatic heterocycles. The average molecular weight is 261 g/mol. The zero-order valence-electron chi connectivity index (χ0n) is 11.4. The second kappa shape index (κ2) is 7.95.